The number of hydrogen-bond donors (Lipinski definition) is 1. The molecular weight excluding hydrogens is 408 g/mol. The summed E-state index contributed by atoms with van der Waals surface area (Å²) in [5.74, 6) is -0.628. The SMILES string of the molecule is CO/N=C(/C(=O)OC)c1ccccc1CONC(C)C(=NC#N)c1ccc(Cl)cc1. The predicted octanol–water partition coefficient (Wildman–Crippen LogP) is 3.24. The van der Waals surface area contributed by atoms with E-state index in [4.69, 9.17) is 31.3 Å². The van der Waals surface area contributed by atoms with Gasteiger partial charge in [0, 0.05) is 10.6 Å². The zero-order chi connectivity index (χ0) is 21.9. The van der Waals surface area contributed by atoms with Gasteiger partial charge in [-0.05, 0) is 30.2 Å². The molecule has 2 rings (SSSR count). The van der Waals surface area contributed by atoms with Crippen molar-refractivity contribution in [3.63, 3.8) is 0 Å². The summed E-state index contributed by atoms with van der Waals surface area (Å²) in [6.45, 7) is 1.92. The Labute approximate surface area is 179 Å². The highest BCUT2D eigenvalue weighted by molar-refractivity contribution is 6.43. The van der Waals surface area contributed by atoms with Crippen LogP contribution in [0.5, 0.6) is 0 Å². The predicted molar refractivity (Wildman–Crippen MR) is 113 cm³/mol. The lowest BCUT2D eigenvalue weighted by atomic mass is 10.0. The van der Waals surface area contributed by atoms with Crippen molar-refractivity contribution in [2.45, 2.75) is 19.6 Å². The molecule has 0 heterocycles. The molecule has 0 aliphatic heterocycles. The van der Waals surface area contributed by atoms with Gasteiger partial charge in [-0.1, -0.05) is 53.2 Å². The smallest absolute Gasteiger partial charge is 0.360 e. The van der Waals surface area contributed by atoms with Gasteiger partial charge in [0.2, 0.25) is 6.19 Å². The van der Waals surface area contributed by atoms with Crippen LogP contribution in [0.2, 0.25) is 5.02 Å². The van der Waals surface area contributed by atoms with E-state index in [1.165, 1.54) is 14.2 Å². The van der Waals surface area contributed by atoms with E-state index >= 15 is 0 Å². The largest absolute Gasteiger partial charge is 0.464 e. The number of hydrogen-bond acceptors (Lipinski definition) is 8. The van der Waals surface area contributed by atoms with Gasteiger partial charge in [-0.15, -0.1) is 0 Å². The summed E-state index contributed by atoms with van der Waals surface area (Å²) in [6, 6.07) is 13.7. The quantitative estimate of drug-likeness (QED) is 0.284. The monoisotopic (exact) mass is 428 g/mol. The molecule has 0 aliphatic rings. The number of aliphatic imine (C=N–C) groups is 1. The first kappa shape index (κ1) is 23.0. The van der Waals surface area contributed by atoms with Gasteiger partial charge in [-0.3, -0.25) is 4.84 Å². The molecule has 0 saturated carbocycles. The fourth-order valence-electron chi connectivity index (χ4n) is 2.65. The Bertz CT molecular complexity index is 968. The number of methoxy groups -OCH3 is 1. The third kappa shape index (κ3) is 6.12. The van der Waals surface area contributed by atoms with Crippen molar-refractivity contribution in [3.8, 4) is 6.19 Å². The molecule has 156 valence electrons. The van der Waals surface area contributed by atoms with Gasteiger partial charge >= 0.3 is 5.97 Å². The van der Waals surface area contributed by atoms with Crippen LogP contribution in [0.4, 0.5) is 0 Å². The van der Waals surface area contributed by atoms with Crippen molar-refractivity contribution in [2.24, 2.45) is 10.1 Å². The second-order valence-corrected chi connectivity index (χ2v) is 6.44. The molecule has 1 unspecified atom stereocenters. The lowest BCUT2D eigenvalue weighted by Crippen LogP contribution is -2.34. The maximum Gasteiger partial charge on any atom is 0.360 e. The average Bonchev–Trinajstić information content (AvgIpc) is 2.76. The molecular formula is C21H21ClN4O4. The minimum absolute atomic E-state index is 0.0279. The Kier molecular flexibility index (Phi) is 8.97. The Morgan fingerprint density at radius 3 is 2.53 bits per heavy atom. The van der Waals surface area contributed by atoms with Crippen LogP contribution in [-0.2, 0) is 25.8 Å². The number of carbonyl (C=O) groups is 1. The van der Waals surface area contributed by atoms with Gasteiger partial charge in [0.05, 0.1) is 25.5 Å². The number of esters is 1. The van der Waals surface area contributed by atoms with Crippen molar-refractivity contribution in [1.82, 2.24) is 5.48 Å². The van der Waals surface area contributed by atoms with Crippen molar-refractivity contribution in [1.29, 1.82) is 5.26 Å². The summed E-state index contributed by atoms with van der Waals surface area (Å²) in [5, 5.41) is 13.4. The molecule has 1 N–H and O–H groups in total. The second-order valence-electron chi connectivity index (χ2n) is 6.00. The first-order valence-electron chi connectivity index (χ1n) is 8.89. The van der Waals surface area contributed by atoms with Gasteiger partial charge < -0.3 is 9.57 Å². The van der Waals surface area contributed by atoms with Gasteiger partial charge in [0.1, 0.15) is 7.11 Å². The topological polar surface area (TPSA) is 105 Å². The summed E-state index contributed by atoms with van der Waals surface area (Å²) in [4.78, 5) is 26.3. The molecule has 0 saturated heterocycles. The minimum Gasteiger partial charge on any atom is -0.464 e. The van der Waals surface area contributed by atoms with Crippen LogP contribution in [0.25, 0.3) is 0 Å². The zero-order valence-corrected chi connectivity index (χ0v) is 17.5. The fourth-order valence-corrected chi connectivity index (χ4v) is 2.77. The third-order valence-corrected chi connectivity index (χ3v) is 4.29. The number of oxime groups is 1. The molecule has 0 amide bonds. The highest BCUT2D eigenvalue weighted by atomic mass is 35.5. The fraction of sp³-hybridized carbons (Fsp3) is 0.238. The Morgan fingerprint density at radius 2 is 1.90 bits per heavy atom. The number of nitrogens with one attached hydrogen (secondary N) is 1. The van der Waals surface area contributed by atoms with E-state index in [2.05, 4.69) is 15.6 Å². The number of hydroxylamine groups is 1. The normalized spacial score (nSPS) is 12.8. The van der Waals surface area contributed by atoms with Crippen LogP contribution in [0.15, 0.2) is 58.7 Å². The number of halogens is 1. The first-order chi connectivity index (χ1) is 14.5. The van der Waals surface area contributed by atoms with Crippen LogP contribution in [0.1, 0.15) is 23.6 Å². The number of ether oxygens (including phenoxy) is 1. The molecule has 9 heteroatoms. The Morgan fingerprint density at radius 1 is 1.20 bits per heavy atom. The van der Waals surface area contributed by atoms with Crippen LogP contribution in [0.3, 0.4) is 0 Å². The van der Waals surface area contributed by atoms with Gasteiger partial charge in [0.15, 0.2) is 5.71 Å². The number of nitriles is 1. The van der Waals surface area contributed by atoms with E-state index in [0.29, 0.717) is 21.9 Å². The maximum atomic E-state index is 12.0. The summed E-state index contributed by atoms with van der Waals surface area (Å²) < 4.78 is 4.77. The number of carbonyl (C=O) groups excluding carboxylic acids is 1. The highest BCUT2D eigenvalue weighted by Gasteiger charge is 2.20. The highest BCUT2D eigenvalue weighted by Crippen LogP contribution is 2.14. The maximum absolute atomic E-state index is 12.0. The van der Waals surface area contributed by atoms with E-state index in [1.807, 2.05) is 13.0 Å². The molecule has 2 aromatic carbocycles. The van der Waals surface area contributed by atoms with Gasteiger partial charge in [-0.25, -0.2) is 4.79 Å². The standard InChI is InChI=1S/C21H21ClN4O4/c1-14(19(24-13-23)15-8-10-17(22)11-9-15)25-30-12-16-6-4-5-7-18(16)20(26-29-3)21(27)28-2/h4-11,14,25H,12H2,1-3H3/b24-19?,26-20+. The lowest BCUT2D eigenvalue weighted by Gasteiger charge is -2.17. The molecule has 8 nitrogen and oxygen atoms in total. The van der Waals surface area contributed by atoms with E-state index in [1.54, 1.807) is 48.7 Å². The van der Waals surface area contributed by atoms with Crippen molar-refractivity contribution in [2.75, 3.05) is 14.2 Å². The van der Waals surface area contributed by atoms with Crippen LogP contribution in [-0.4, -0.2) is 37.7 Å². The van der Waals surface area contributed by atoms with Crippen molar-refractivity contribution in [3.05, 3.63) is 70.2 Å². The summed E-state index contributed by atoms with van der Waals surface area (Å²) >= 11 is 5.92. The molecule has 0 aromatic heterocycles. The van der Waals surface area contributed by atoms with Crippen molar-refractivity contribution < 1.29 is 19.2 Å². The van der Waals surface area contributed by atoms with Gasteiger partial charge in [0.25, 0.3) is 0 Å². The van der Waals surface area contributed by atoms with E-state index in [-0.39, 0.29) is 12.3 Å². The lowest BCUT2D eigenvalue weighted by molar-refractivity contribution is -0.132. The van der Waals surface area contributed by atoms with Crippen LogP contribution >= 0.6 is 11.6 Å². The van der Waals surface area contributed by atoms with E-state index in [9.17, 15) is 4.79 Å². The van der Waals surface area contributed by atoms with E-state index < -0.39 is 12.0 Å². The van der Waals surface area contributed by atoms with Crippen molar-refractivity contribution >= 4 is 29.0 Å². The zero-order valence-electron chi connectivity index (χ0n) is 16.8. The number of rotatable bonds is 9. The third-order valence-electron chi connectivity index (χ3n) is 4.04. The molecule has 2 aromatic rings. The molecule has 1 atom stereocenters. The molecule has 0 spiro atoms. The van der Waals surface area contributed by atoms with Gasteiger partial charge in [-0.2, -0.15) is 15.7 Å². The van der Waals surface area contributed by atoms with E-state index in [0.717, 1.165) is 5.56 Å². The number of benzene rings is 2. The van der Waals surface area contributed by atoms with Crippen LogP contribution in [0, 0.1) is 11.5 Å². The average molecular weight is 429 g/mol. The number of nitrogens with zero attached hydrogens (tertiary/aromatic N) is 3. The van der Waals surface area contributed by atoms with Crippen LogP contribution < -0.4 is 5.48 Å². The minimum atomic E-state index is -0.628. The molecule has 0 aliphatic carbocycles. The molecule has 0 bridgehead atoms. The molecule has 0 radical (unpaired) electrons. The molecule has 30 heavy (non-hydrogen) atoms. The summed E-state index contributed by atoms with van der Waals surface area (Å²) in [7, 11) is 2.61. The Balaban J connectivity index is 2.13. The summed E-state index contributed by atoms with van der Waals surface area (Å²) in [5.41, 5.74) is 5.34. The first-order valence-corrected chi connectivity index (χ1v) is 9.27. The second kappa shape index (κ2) is 11.7. The Hall–Kier alpha value is -3.25. The summed E-state index contributed by atoms with van der Waals surface area (Å²) in [6.07, 6.45) is 1.81. The molecule has 0 fully saturated rings.